The van der Waals surface area contributed by atoms with Gasteiger partial charge in [-0.25, -0.2) is 13.8 Å². The average Bonchev–Trinajstić information content (AvgIpc) is 3.53. The molecule has 218 valence electrons. The van der Waals surface area contributed by atoms with E-state index in [-0.39, 0.29) is 34.7 Å². The van der Waals surface area contributed by atoms with E-state index in [0.717, 1.165) is 4.31 Å². The van der Waals surface area contributed by atoms with Crippen LogP contribution in [0.15, 0.2) is 106 Å². The zero-order chi connectivity index (χ0) is 30.0. The van der Waals surface area contributed by atoms with Gasteiger partial charge in [-0.2, -0.15) is 5.10 Å². The first kappa shape index (κ1) is 30.2. The standard InChI is InChI=1S/C29H27ClN4O7S/c1-39-27-14-11-22(16-26(27)30)34(42(37,38)25-7-3-2-4-8-25)19-28(35)33-32-17-21-9-12-23(13-10-21)41-20-29(36)31-18-24-6-5-15-40-24/h2-17H,18-20H2,1H3,(H,31,36)(H,33,35)/b32-17-. The molecule has 0 fully saturated rings. The SMILES string of the molecule is COc1ccc(N(CC(=O)N/N=C\c2ccc(OCC(=O)NCc3ccco3)cc2)S(=O)(=O)c2ccccc2)cc1Cl. The van der Waals surface area contributed by atoms with Crippen LogP contribution in [-0.4, -0.2) is 46.7 Å². The highest BCUT2D eigenvalue weighted by Gasteiger charge is 2.27. The number of hydrazone groups is 1. The van der Waals surface area contributed by atoms with Gasteiger partial charge in [-0.05, 0) is 72.3 Å². The second-order valence-electron chi connectivity index (χ2n) is 8.65. The lowest BCUT2D eigenvalue weighted by Gasteiger charge is -2.24. The zero-order valence-corrected chi connectivity index (χ0v) is 24.0. The van der Waals surface area contributed by atoms with Gasteiger partial charge in [0.15, 0.2) is 6.61 Å². The van der Waals surface area contributed by atoms with Crippen molar-refractivity contribution in [1.29, 1.82) is 0 Å². The van der Waals surface area contributed by atoms with Gasteiger partial charge in [-0.1, -0.05) is 29.8 Å². The molecule has 2 N–H and O–H groups in total. The predicted octanol–water partition coefficient (Wildman–Crippen LogP) is 3.98. The molecule has 11 nitrogen and oxygen atoms in total. The first-order chi connectivity index (χ1) is 20.3. The molecule has 13 heteroatoms. The zero-order valence-electron chi connectivity index (χ0n) is 22.4. The molecule has 4 aromatic rings. The molecule has 0 saturated heterocycles. The molecule has 0 spiro atoms. The van der Waals surface area contributed by atoms with Gasteiger partial charge in [0.05, 0.1) is 41.7 Å². The highest BCUT2D eigenvalue weighted by molar-refractivity contribution is 7.92. The smallest absolute Gasteiger partial charge is 0.264 e. The quantitative estimate of drug-likeness (QED) is 0.172. The average molecular weight is 611 g/mol. The monoisotopic (exact) mass is 610 g/mol. The van der Waals surface area contributed by atoms with Crippen LogP contribution >= 0.6 is 11.6 Å². The second-order valence-corrected chi connectivity index (χ2v) is 10.9. The molecule has 0 aliphatic rings. The molecular formula is C29H27ClN4O7S. The van der Waals surface area contributed by atoms with E-state index in [4.69, 9.17) is 25.5 Å². The summed E-state index contributed by atoms with van der Waals surface area (Å²) in [4.78, 5) is 24.7. The highest BCUT2D eigenvalue weighted by atomic mass is 35.5. The van der Waals surface area contributed by atoms with Crippen LogP contribution < -0.4 is 24.5 Å². The van der Waals surface area contributed by atoms with Crippen LogP contribution in [0.1, 0.15) is 11.3 Å². The predicted molar refractivity (Wildman–Crippen MR) is 157 cm³/mol. The van der Waals surface area contributed by atoms with E-state index in [1.807, 2.05) is 0 Å². The maximum atomic E-state index is 13.4. The van der Waals surface area contributed by atoms with Crippen LogP contribution in [0.5, 0.6) is 11.5 Å². The van der Waals surface area contributed by atoms with Gasteiger partial charge in [-0.15, -0.1) is 0 Å². The van der Waals surface area contributed by atoms with Crippen LogP contribution in [0.25, 0.3) is 0 Å². The molecule has 1 heterocycles. The summed E-state index contributed by atoms with van der Waals surface area (Å²) in [6, 6.07) is 22.3. The number of benzene rings is 3. The normalized spacial score (nSPS) is 11.2. The summed E-state index contributed by atoms with van der Waals surface area (Å²) in [5.41, 5.74) is 3.15. The fraction of sp³-hybridized carbons (Fsp3) is 0.138. The van der Waals surface area contributed by atoms with Crippen molar-refractivity contribution < 1.29 is 31.9 Å². The number of ether oxygens (including phenoxy) is 2. The summed E-state index contributed by atoms with van der Waals surface area (Å²) in [7, 11) is -2.68. The van der Waals surface area contributed by atoms with Crippen molar-refractivity contribution in [3.63, 3.8) is 0 Å². The molecule has 1 aromatic heterocycles. The van der Waals surface area contributed by atoms with E-state index < -0.39 is 22.5 Å². The third-order valence-electron chi connectivity index (χ3n) is 5.73. The van der Waals surface area contributed by atoms with Crippen molar-refractivity contribution in [2.45, 2.75) is 11.4 Å². The Hall–Kier alpha value is -4.81. The number of anilines is 1. The molecule has 0 aliphatic heterocycles. The fourth-order valence-corrected chi connectivity index (χ4v) is 5.32. The summed E-state index contributed by atoms with van der Waals surface area (Å²) in [6.45, 7) is -0.474. The molecular weight excluding hydrogens is 584 g/mol. The number of amides is 2. The Kier molecular flexibility index (Phi) is 10.2. The molecule has 0 aliphatic carbocycles. The van der Waals surface area contributed by atoms with Crippen LogP contribution in [0.4, 0.5) is 5.69 Å². The Bertz CT molecular complexity index is 1630. The minimum Gasteiger partial charge on any atom is -0.495 e. The van der Waals surface area contributed by atoms with E-state index in [1.54, 1.807) is 54.6 Å². The topological polar surface area (TPSA) is 140 Å². The lowest BCUT2D eigenvalue weighted by Crippen LogP contribution is -2.39. The molecule has 42 heavy (non-hydrogen) atoms. The largest absolute Gasteiger partial charge is 0.495 e. The van der Waals surface area contributed by atoms with Gasteiger partial charge >= 0.3 is 0 Å². The van der Waals surface area contributed by atoms with E-state index in [1.165, 1.54) is 49.9 Å². The minimum absolute atomic E-state index is 0.00514. The van der Waals surface area contributed by atoms with Gasteiger partial charge in [0.2, 0.25) is 0 Å². The van der Waals surface area contributed by atoms with Gasteiger partial charge in [0, 0.05) is 0 Å². The van der Waals surface area contributed by atoms with E-state index in [9.17, 15) is 18.0 Å². The van der Waals surface area contributed by atoms with Crippen molar-refractivity contribution in [2.75, 3.05) is 24.6 Å². The van der Waals surface area contributed by atoms with E-state index in [0.29, 0.717) is 22.8 Å². The number of nitrogens with one attached hydrogen (secondary N) is 2. The number of carbonyl (C=O) groups is 2. The number of nitrogens with zero attached hydrogens (tertiary/aromatic N) is 2. The number of furan rings is 1. The lowest BCUT2D eigenvalue weighted by atomic mass is 10.2. The second kappa shape index (κ2) is 14.2. The summed E-state index contributed by atoms with van der Waals surface area (Å²) < 4.78 is 43.6. The molecule has 0 bridgehead atoms. The number of carbonyl (C=O) groups excluding carboxylic acids is 2. The number of methoxy groups -OCH3 is 1. The molecule has 3 aromatic carbocycles. The Morgan fingerprint density at radius 3 is 2.43 bits per heavy atom. The molecule has 0 radical (unpaired) electrons. The number of rotatable bonds is 13. The van der Waals surface area contributed by atoms with Gasteiger partial charge < -0.3 is 19.2 Å². The van der Waals surface area contributed by atoms with Crippen molar-refractivity contribution in [3.05, 3.63) is 108 Å². The maximum absolute atomic E-state index is 13.4. The lowest BCUT2D eigenvalue weighted by molar-refractivity contribution is -0.123. The van der Waals surface area contributed by atoms with Crippen LogP contribution in [0.3, 0.4) is 0 Å². The fourth-order valence-electron chi connectivity index (χ4n) is 3.64. The summed E-state index contributed by atoms with van der Waals surface area (Å²) >= 11 is 6.23. The number of hydrogen-bond acceptors (Lipinski definition) is 8. The van der Waals surface area contributed by atoms with Crippen LogP contribution in [0, 0.1) is 0 Å². The van der Waals surface area contributed by atoms with Crippen molar-refractivity contribution in [1.82, 2.24) is 10.7 Å². The van der Waals surface area contributed by atoms with Crippen LogP contribution in [0.2, 0.25) is 5.02 Å². The Morgan fingerprint density at radius 1 is 1.00 bits per heavy atom. The van der Waals surface area contributed by atoms with Gasteiger partial charge in [0.25, 0.3) is 21.8 Å². The summed E-state index contributed by atoms with van der Waals surface area (Å²) in [6.07, 6.45) is 2.91. The molecule has 0 unspecified atom stereocenters. The number of hydrogen-bond donors (Lipinski definition) is 2. The van der Waals surface area contributed by atoms with Gasteiger partial charge in [-0.3, -0.25) is 13.9 Å². The number of sulfonamides is 1. The minimum atomic E-state index is -4.12. The summed E-state index contributed by atoms with van der Waals surface area (Å²) in [5, 5.41) is 6.80. The first-order valence-electron chi connectivity index (χ1n) is 12.5. The van der Waals surface area contributed by atoms with Gasteiger partial charge in [0.1, 0.15) is 23.8 Å². The summed E-state index contributed by atoms with van der Waals surface area (Å²) in [5.74, 6) is 0.466. The third kappa shape index (κ3) is 8.12. The third-order valence-corrected chi connectivity index (χ3v) is 7.82. The maximum Gasteiger partial charge on any atom is 0.264 e. The van der Waals surface area contributed by atoms with E-state index >= 15 is 0 Å². The molecule has 0 atom stereocenters. The van der Waals surface area contributed by atoms with E-state index in [2.05, 4.69) is 15.8 Å². The number of halogens is 1. The Balaban J connectivity index is 1.35. The first-order valence-corrected chi connectivity index (χ1v) is 14.3. The van der Waals surface area contributed by atoms with Crippen molar-refractivity contribution >= 4 is 45.3 Å². The van der Waals surface area contributed by atoms with Crippen molar-refractivity contribution in [3.8, 4) is 11.5 Å². The van der Waals surface area contributed by atoms with Crippen LogP contribution in [-0.2, 0) is 26.2 Å². The molecule has 0 saturated carbocycles. The molecule has 4 rings (SSSR count). The van der Waals surface area contributed by atoms with Crippen molar-refractivity contribution in [2.24, 2.45) is 5.10 Å². The molecule has 2 amide bonds. The Morgan fingerprint density at radius 2 is 1.76 bits per heavy atom. The Labute approximate surface area is 247 Å². The highest BCUT2D eigenvalue weighted by Crippen LogP contribution is 2.31.